The van der Waals surface area contributed by atoms with E-state index in [9.17, 15) is 4.79 Å². The Morgan fingerprint density at radius 3 is 2.92 bits per heavy atom. The lowest BCUT2D eigenvalue weighted by atomic mass is 9.85. The van der Waals surface area contributed by atoms with Crippen molar-refractivity contribution in [3.63, 3.8) is 0 Å². The van der Waals surface area contributed by atoms with Crippen molar-refractivity contribution in [3.8, 4) is 0 Å². The molecule has 2 aliphatic rings. The molecule has 0 bridgehead atoms. The van der Waals surface area contributed by atoms with Crippen LogP contribution in [0.25, 0.3) is 0 Å². The zero-order valence-electron chi connectivity index (χ0n) is 15.4. The third-order valence-electron chi connectivity index (χ3n) is 5.72. The molecule has 2 fully saturated rings. The average molecular weight is 367 g/mol. The summed E-state index contributed by atoms with van der Waals surface area (Å²) in [5, 5.41) is 3.44. The summed E-state index contributed by atoms with van der Waals surface area (Å²) in [5.41, 5.74) is 1.19. The number of halogens is 1. The largest absolute Gasteiger partial charge is 0.341 e. The topological polar surface area (TPSA) is 48.5 Å². The second-order valence-corrected chi connectivity index (χ2v) is 7.31. The molecule has 1 aliphatic heterocycles. The lowest BCUT2D eigenvalue weighted by molar-refractivity contribution is -0.135. The van der Waals surface area contributed by atoms with Crippen molar-refractivity contribution in [2.24, 2.45) is 5.92 Å². The van der Waals surface area contributed by atoms with E-state index in [1.165, 1.54) is 24.8 Å². The van der Waals surface area contributed by atoms with Crippen LogP contribution in [0.4, 0.5) is 0 Å². The summed E-state index contributed by atoms with van der Waals surface area (Å²) in [6.45, 7) is 5.51. The van der Waals surface area contributed by atoms with Gasteiger partial charge in [-0.05, 0) is 30.4 Å². The van der Waals surface area contributed by atoms with Crippen LogP contribution < -0.4 is 5.32 Å². The van der Waals surface area contributed by atoms with Gasteiger partial charge in [0.15, 0.2) is 0 Å². The monoisotopic (exact) mass is 366 g/mol. The van der Waals surface area contributed by atoms with Crippen LogP contribution in [-0.4, -0.2) is 60.0 Å². The third-order valence-corrected chi connectivity index (χ3v) is 5.72. The Morgan fingerprint density at radius 2 is 2.20 bits per heavy atom. The number of nitrogens with zero attached hydrogens (tertiary/aromatic N) is 3. The van der Waals surface area contributed by atoms with E-state index in [2.05, 4.69) is 28.2 Å². The van der Waals surface area contributed by atoms with Crippen molar-refractivity contribution in [2.75, 3.05) is 33.2 Å². The number of piperazine rings is 1. The van der Waals surface area contributed by atoms with E-state index in [1.54, 1.807) is 6.20 Å². The molecule has 5 nitrogen and oxygen atoms in total. The summed E-state index contributed by atoms with van der Waals surface area (Å²) in [4.78, 5) is 21.4. The van der Waals surface area contributed by atoms with Gasteiger partial charge in [-0.15, -0.1) is 12.4 Å². The van der Waals surface area contributed by atoms with Crippen molar-refractivity contribution < 1.29 is 4.79 Å². The Hall–Kier alpha value is -1.17. The van der Waals surface area contributed by atoms with Crippen LogP contribution in [0, 0.1) is 5.92 Å². The molecule has 2 heterocycles. The number of carbonyl (C=O) groups is 1. The van der Waals surface area contributed by atoms with Crippen molar-refractivity contribution >= 4 is 18.3 Å². The predicted molar refractivity (Wildman–Crippen MR) is 103 cm³/mol. The number of nitrogens with one attached hydrogen (secondary N) is 1. The van der Waals surface area contributed by atoms with Crippen LogP contribution in [0.2, 0.25) is 0 Å². The minimum Gasteiger partial charge on any atom is -0.341 e. The van der Waals surface area contributed by atoms with Gasteiger partial charge in [-0.25, -0.2) is 0 Å². The molecule has 25 heavy (non-hydrogen) atoms. The zero-order valence-corrected chi connectivity index (χ0v) is 16.2. The van der Waals surface area contributed by atoms with Crippen LogP contribution in [0.15, 0.2) is 24.5 Å². The van der Waals surface area contributed by atoms with Crippen LogP contribution in [0.3, 0.4) is 0 Å². The lowest BCUT2D eigenvalue weighted by Gasteiger charge is -2.40. The summed E-state index contributed by atoms with van der Waals surface area (Å²) in [7, 11) is 2.00. The third kappa shape index (κ3) is 4.93. The van der Waals surface area contributed by atoms with Gasteiger partial charge in [0.05, 0.1) is 6.54 Å². The highest BCUT2D eigenvalue weighted by atomic mass is 35.5. The molecular formula is C19H31ClN4O. The molecule has 1 saturated heterocycles. The molecule has 1 N–H and O–H groups in total. The minimum absolute atomic E-state index is 0. The molecule has 3 rings (SSSR count). The van der Waals surface area contributed by atoms with Crippen LogP contribution in [0.1, 0.15) is 44.2 Å². The Morgan fingerprint density at radius 1 is 1.40 bits per heavy atom. The number of rotatable bonds is 4. The maximum atomic E-state index is 12.9. The molecule has 1 aromatic heterocycles. The number of hydrogen-bond acceptors (Lipinski definition) is 4. The number of amides is 1. The number of pyridine rings is 1. The van der Waals surface area contributed by atoms with Gasteiger partial charge in [-0.2, -0.15) is 0 Å². The summed E-state index contributed by atoms with van der Waals surface area (Å²) < 4.78 is 0. The lowest BCUT2D eigenvalue weighted by Crippen LogP contribution is -2.52. The van der Waals surface area contributed by atoms with Crippen molar-refractivity contribution in [3.05, 3.63) is 30.1 Å². The molecule has 1 saturated carbocycles. The predicted octanol–water partition coefficient (Wildman–Crippen LogP) is 2.49. The quantitative estimate of drug-likeness (QED) is 0.889. The SMILES string of the molecule is CC1CCCCC1N(C)C(=O)CN1CCNCC1c1cccnc1.Cl. The smallest absolute Gasteiger partial charge is 0.236 e. The van der Waals surface area contributed by atoms with Crippen molar-refractivity contribution in [1.29, 1.82) is 0 Å². The van der Waals surface area contributed by atoms with E-state index in [0.29, 0.717) is 18.5 Å². The second kappa shape index (κ2) is 9.51. The Bertz CT molecular complexity index is 541. The number of hydrogen-bond donors (Lipinski definition) is 1. The van der Waals surface area contributed by atoms with Crippen LogP contribution in [-0.2, 0) is 4.79 Å². The first-order chi connectivity index (χ1) is 11.7. The van der Waals surface area contributed by atoms with E-state index in [4.69, 9.17) is 0 Å². The summed E-state index contributed by atoms with van der Waals surface area (Å²) in [6.07, 6.45) is 8.67. The van der Waals surface area contributed by atoms with Crippen molar-refractivity contribution in [2.45, 2.75) is 44.7 Å². The van der Waals surface area contributed by atoms with Gasteiger partial charge in [0.2, 0.25) is 5.91 Å². The van der Waals surface area contributed by atoms with Gasteiger partial charge < -0.3 is 10.2 Å². The minimum atomic E-state index is 0. The fraction of sp³-hybridized carbons (Fsp3) is 0.684. The first-order valence-corrected chi connectivity index (χ1v) is 9.27. The molecule has 1 aromatic rings. The zero-order chi connectivity index (χ0) is 16.9. The number of likely N-dealkylation sites (N-methyl/N-ethyl adjacent to an activating group) is 1. The second-order valence-electron chi connectivity index (χ2n) is 7.31. The highest BCUT2D eigenvalue weighted by Crippen LogP contribution is 2.28. The highest BCUT2D eigenvalue weighted by molar-refractivity contribution is 5.85. The van der Waals surface area contributed by atoms with Gasteiger partial charge >= 0.3 is 0 Å². The first-order valence-electron chi connectivity index (χ1n) is 9.27. The Kier molecular flexibility index (Phi) is 7.66. The van der Waals surface area contributed by atoms with E-state index in [-0.39, 0.29) is 24.4 Å². The van der Waals surface area contributed by atoms with Gasteiger partial charge in [-0.3, -0.25) is 14.7 Å². The summed E-state index contributed by atoms with van der Waals surface area (Å²) in [5.74, 6) is 0.870. The van der Waals surface area contributed by atoms with Gasteiger partial charge in [-0.1, -0.05) is 25.8 Å². The van der Waals surface area contributed by atoms with E-state index < -0.39 is 0 Å². The maximum Gasteiger partial charge on any atom is 0.236 e. The van der Waals surface area contributed by atoms with Crippen molar-refractivity contribution in [1.82, 2.24) is 20.1 Å². The molecule has 140 valence electrons. The maximum absolute atomic E-state index is 12.9. The highest BCUT2D eigenvalue weighted by Gasteiger charge is 2.31. The molecular weight excluding hydrogens is 336 g/mol. The first kappa shape index (κ1) is 20.1. The Labute approximate surface area is 157 Å². The molecule has 3 atom stereocenters. The molecule has 1 amide bonds. The fourth-order valence-electron chi connectivity index (χ4n) is 4.18. The summed E-state index contributed by atoms with van der Waals surface area (Å²) >= 11 is 0. The molecule has 0 aromatic carbocycles. The number of aromatic nitrogens is 1. The normalized spacial score (nSPS) is 27.4. The van der Waals surface area contributed by atoms with Crippen LogP contribution >= 0.6 is 12.4 Å². The van der Waals surface area contributed by atoms with Gasteiger partial charge in [0.1, 0.15) is 0 Å². The molecule has 0 spiro atoms. The fourth-order valence-corrected chi connectivity index (χ4v) is 4.18. The molecule has 6 heteroatoms. The molecule has 3 unspecified atom stereocenters. The van der Waals surface area contributed by atoms with E-state index in [1.807, 2.05) is 24.2 Å². The van der Waals surface area contributed by atoms with Crippen LogP contribution in [0.5, 0.6) is 0 Å². The van der Waals surface area contributed by atoms with Gasteiger partial charge in [0, 0.05) is 51.2 Å². The molecule has 0 radical (unpaired) electrons. The summed E-state index contributed by atoms with van der Waals surface area (Å²) in [6, 6.07) is 4.72. The Balaban J connectivity index is 0.00000225. The van der Waals surface area contributed by atoms with Gasteiger partial charge in [0.25, 0.3) is 0 Å². The van der Waals surface area contributed by atoms with E-state index in [0.717, 1.165) is 26.1 Å². The van der Waals surface area contributed by atoms with E-state index >= 15 is 0 Å². The number of carbonyl (C=O) groups excluding carboxylic acids is 1. The average Bonchev–Trinajstić information content (AvgIpc) is 2.63. The molecule has 1 aliphatic carbocycles. The standard InChI is InChI=1S/C19H30N4O.ClH/c1-15-6-3-4-8-17(15)22(2)19(24)14-23-11-10-21-13-18(23)16-7-5-9-20-12-16;/h5,7,9,12,15,17-18,21H,3-4,6,8,10-11,13-14H2,1-2H3;1H.